The third kappa shape index (κ3) is 3.55. The van der Waals surface area contributed by atoms with Crippen molar-refractivity contribution in [3.05, 3.63) is 29.3 Å². The molecule has 0 heterocycles. The number of aryl methyl sites for hydroxylation is 1. The molecule has 0 aliphatic heterocycles. The fraction of sp³-hybridized carbons (Fsp3) is 0.417. The zero-order valence-electron chi connectivity index (χ0n) is 10.1. The van der Waals surface area contributed by atoms with E-state index in [2.05, 4.69) is 0 Å². The van der Waals surface area contributed by atoms with Gasteiger partial charge in [-0.3, -0.25) is 5.41 Å². The highest BCUT2D eigenvalue weighted by molar-refractivity contribution is 5.97. The molecule has 1 rings (SSSR count). The van der Waals surface area contributed by atoms with E-state index in [0.717, 1.165) is 12.1 Å². The van der Waals surface area contributed by atoms with Crippen molar-refractivity contribution in [3.8, 4) is 5.75 Å². The number of nitrogen functional groups attached to an aromatic ring is 1. The molecule has 0 aromatic heterocycles. The number of ether oxygens (including phenoxy) is 1. The molecular formula is C12H19N3O. The van der Waals surface area contributed by atoms with E-state index in [4.69, 9.17) is 15.9 Å². The van der Waals surface area contributed by atoms with E-state index < -0.39 is 0 Å². The van der Waals surface area contributed by atoms with E-state index in [1.165, 1.54) is 0 Å². The Labute approximate surface area is 96.5 Å². The zero-order chi connectivity index (χ0) is 12.1. The lowest BCUT2D eigenvalue weighted by atomic mass is 10.1. The Morgan fingerprint density at radius 2 is 2.12 bits per heavy atom. The normalized spacial score (nSPS) is 10.5. The minimum Gasteiger partial charge on any atom is -0.491 e. The second kappa shape index (κ2) is 5.51. The lowest BCUT2D eigenvalue weighted by Crippen LogP contribution is -2.21. The summed E-state index contributed by atoms with van der Waals surface area (Å²) in [5, 5.41) is 7.45. The van der Waals surface area contributed by atoms with Crippen LogP contribution in [0.15, 0.2) is 18.2 Å². The number of rotatable bonds is 5. The van der Waals surface area contributed by atoms with E-state index in [1.54, 1.807) is 0 Å². The van der Waals surface area contributed by atoms with Gasteiger partial charge < -0.3 is 15.4 Å². The summed E-state index contributed by atoms with van der Waals surface area (Å²) in [6.07, 6.45) is 0. The fourth-order valence-corrected chi connectivity index (χ4v) is 1.31. The van der Waals surface area contributed by atoms with Gasteiger partial charge in [0.1, 0.15) is 18.2 Å². The Morgan fingerprint density at radius 1 is 1.44 bits per heavy atom. The molecule has 0 aliphatic carbocycles. The molecule has 1 aromatic rings. The van der Waals surface area contributed by atoms with Gasteiger partial charge in [0, 0.05) is 6.54 Å². The topological polar surface area (TPSA) is 62.3 Å². The van der Waals surface area contributed by atoms with Crippen LogP contribution in [0.3, 0.4) is 0 Å². The third-order valence-corrected chi connectivity index (χ3v) is 2.22. The molecule has 0 radical (unpaired) electrons. The Kier molecular flexibility index (Phi) is 4.31. The van der Waals surface area contributed by atoms with Crippen LogP contribution in [0.5, 0.6) is 5.75 Å². The van der Waals surface area contributed by atoms with Gasteiger partial charge in [-0.2, -0.15) is 0 Å². The van der Waals surface area contributed by atoms with Crippen molar-refractivity contribution in [2.24, 2.45) is 5.73 Å². The maximum Gasteiger partial charge on any atom is 0.130 e. The van der Waals surface area contributed by atoms with E-state index in [-0.39, 0.29) is 5.84 Å². The standard InChI is InChI=1S/C12H19N3O/c1-9-4-5-10(12(13)14)11(8-9)16-7-6-15(2)3/h4-5,8H,6-7H2,1-3H3,(H3,13,14). The number of nitrogens with zero attached hydrogens (tertiary/aromatic N) is 1. The highest BCUT2D eigenvalue weighted by atomic mass is 16.5. The fourth-order valence-electron chi connectivity index (χ4n) is 1.31. The molecule has 0 spiro atoms. The number of benzene rings is 1. The second-order valence-electron chi connectivity index (χ2n) is 4.07. The van der Waals surface area contributed by atoms with Crippen LogP contribution in [0.1, 0.15) is 11.1 Å². The minimum atomic E-state index is 0.0415. The van der Waals surface area contributed by atoms with Crippen molar-refractivity contribution in [2.45, 2.75) is 6.92 Å². The quantitative estimate of drug-likeness (QED) is 0.580. The highest BCUT2D eigenvalue weighted by Crippen LogP contribution is 2.19. The van der Waals surface area contributed by atoms with Crippen LogP contribution in [0.4, 0.5) is 0 Å². The van der Waals surface area contributed by atoms with Crippen LogP contribution in [0.2, 0.25) is 0 Å². The zero-order valence-corrected chi connectivity index (χ0v) is 10.1. The lowest BCUT2D eigenvalue weighted by molar-refractivity contribution is 0.261. The first-order valence-electron chi connectivity index (χ1n) is 5.23. The van der Waals surface area contributed by atoms with Crippen LogP contribution >= 0.6 is 0 Å². The van der Waals surface area contributed by atoms with Crippen LogP contribution in [0.25, 0.3) is 0 Å². The molecular weight excluding hydrogens is 202 g/mol. The molecule has 4 heteroatoms. The summed E-state index contributed by atoms with van der Waals surface area (Å²) in [5.41, 5.74) is 7.25. The van der Waals surface area contributed by atoms with E-state index in [1.807, 2.05) is 44.1 Å². The maximum atomic E-state index is 7.45. The Morgan fingerprint density at radius 3 is 2.69 bits per heavy atom. The molecule has 0 atom stereocenters. The first-order chi connectivity index (χ1) is 7.50. The molecule has 3 N–H and O–H groups in total. The average Bonchev–Trinajstić information content (AvgIpc) is 2.16. The largest absolute Gasteiger partial charge is 0.491 e. The Balaban J connectivity index is 2.76. The van der Waals surface area contributed by atoms with Crippen LogP contribution < -0.4 is 10.5 Å². The van der Waals surface area contributed by atoms with Crippen molar-refractivity contribution in [2.75, 3.05) is 27.2 Å². The maximum absolute atomic E-state index is 7.45. The minimum absolute atomic E-state index is 0.0415. The van der Waals surface area contributed by atoms with Gasteiger partial charge in [0.25, 0.3) is 0 Å². The average molecular weight is 221 g/mol. The lowest BCUT2D eigenvalue weighted by Gasteiger charge is -2.14. The smallest absolute Gasteiger partial charge is 0.130 e. The van der Waals surface area contributed by atoms with E-state index >= 15 is 0 Å². The number of hydrogen-bond donors (Lipinski definition) is 2. The van der Waals surface area contributed by atoms with E-state index in [0.29, 0.717) is 17.9 Å². The number of likely N-dealkylation sites (N-methyl/N-ethyl adjacent to an activating group) is 1. The molecule has 1 aromatic carbocycles. The molecule has 88 valence electrons. The summed E-state index contributed by atoms with van der Waals surface area (Å²) in [6, 6.07) is 5.66. The first kappa shape index (κ1) is 12.5. The van der Waals surface area contributed by atoms with Gasteiger partial charge in [-0.25, -0.2) is 0 Å². The van der Waals surface area contributed by atoms with Gasteiger partial charge in [-0.15, -0.1) is 0 Å². The summed E-state index contributed by atoms with van der Waals surface area (Å²) in [7, 11) is 3.98. The van der Waals surface area contributed by atoms with Crippen LogP contribution in [-0.2, 0) is 0 Å². The van der Waals surface area contributed by atoms with Gasteiger partial charge in [0.15, 0.2) is 0 Å². The Hall–Kier alpha value is -1.55. The molecule has 0 saturated heterocycles. The van der Waals surface area contributed by atoms with Crippen LogP contribution in [-0.4, -0.2) is 38.0 Å². The molecule has 0 amide bonds. The number of hydrogen-bond acceptors (Lipinski definition) is 3. The van der Waals surface area contributed by atoms with Crippen molar-refractivity contribution in [1.82, 2.24) is 4.90 Å². The first-order valence-corrected chi connectivity index (χ1v) is 5.23. The number of amidine groups is 1. The monoisotopic (exact) mass is 221 g/mol. The molecule has 0 aliphatic rings. The Bertz CT molecular complexity index is 375. The molecule has 16 heavy (non-hydrogen) atoms. The van der Waals surface area contributed by atoms with E-state index in [9.17, 15) is 0 Å². The molecule has 0 saturated carbocycles. The summed E-state index contributed by atoms with van der Waals surface area (Å²) >= 11 is 0. The summed E-state index contributed by atoms with van der Waals surface area (Å²) in [4.78, 5) is 2.04. The number of nitrogens with one attached hydrogen (secondary N) is 1. The van der Waals surface area contributed by atoms with Crippen molar-refractivity contribution in [1.29, 1.82) is 5.41 Å². The summed E-state index contributed by atoms with van der Waals surface area (Å²) < 4.78 is 5.63. The van der Waals surface area contributed by atoms with Gasteiger partial charge in [-0.1, -0.05) is 6.07 Å². The van der Waals surface area contributed by atoms with Gasteiger partial charge in [0.05, 0.1) is 5.56 Å². The van der Waals surface area contributed by atoms with Gasteiger partial charge in [-0.05, 0) is 38.7 Å². The van der Waals surface area contributed by atoms with Gasteiger partial charge in [0.2, 0.25) is 0 Å². The third-order valence-electron chi connectivity index (χ3n) is 2.22. The summed E-state index contributed by atoms with van der Waals surface area (Å²) in [6.45, 7) is 3.42. The summed E-state index contributed by atoms with van der Waals surface area (Å²) in [5.74, 6) is 0.731. The SMILES string of the molecule is Cc1ccc(C(=N)N)c(OCCN(C)C)c1. The molecule has 0 unspecified atom stereocenters. The van der Waals surface area contributed by atoms with Crippen LogP contribution in [0, 0.1) is 12.3 Å². The second-order valence-corrected chi connectivity index (χ2v) is 4.07. The van der Waals surface area contributed by atoms with Crippen molar-refractivity contribution in [3.63, 3.8) is 0 Å². The molecule has 4 nitrogen and oxygen atoms in total. The molecule has 0 fully saturated rings. The van der Waals surface area contributed by atoms with Crippen molar-refractivity contribution < 1.29 is 4.74 Å². The predicted molar refractivity (Wildman–Crippen MR) is 66.2 cm³/mol. The predicted octanol–water partition coefficient (Wildman–Crippen LogP) is 1.22. The number of nitrogens with two attached hydrogens (primary N) is 1. The molecule has 0 bridgehead atoms. The van der Waals surface area contributed by atoms with Gasteiger partial charge >= 0.3 is 0 Å². The highest BCUT2D eigenvalue weighted by Gasteiger charge is 2.06. The van der Waals surface area contributed by atoms with Crippen molar-refractivity contribution >= 4 is 5.84 Å².